The van der Waals surface area contributed by atoms with Gasteiger partial charge in [0.05, 0.1) is 7.11 Å². The van der Waals surface area contributed by atoms with Crippen LogP contribution in [0.1, 0.15) is 6.92 Å². The van der Waals surface area contributed by atoms with Gasteiger partial charge in [-0.1, -0.05) is 12.7 Å². The minimum absolute atomic E-state index is 0.0972. The number of ether oxygens (including phenoxy) is 1. The van der Waals surface area contributed by atoms with Gasteiger partial charge in [-0.05, 0) is 19.1 Å². The fourth-order valence-corrected chi connectivity index (χ4v) is 0.564. The lowest BCUT2D eigenvalue weighted by Gasteiger charge is -2.01. The van der Waals surface area contributed by atoms with Crippen LogP contribution < -0.4 is 0 Å². The Bertz CT molecular complexity index is 166. The molecule has 0 aromatic heterocycles. The summed E-state index contributed by atoms with van der Waals surface area (Å²) < 4.78 is 4.81. The number of aliphatic hydroxyl groups is 1. The zero-order valence-electron chi connectivity index (χ0n) is 6.29. The van der Waals surface area contributed by atoms with E-state index in [0.29, 0.717) is 5.76 Å². The van der Waals surface area contributed by atoms with Crippen LogP contribution in [0.4, 0.5) is 0 Å². The third kappa shape index (κ3) is 2.40. The van der Waals surface area contributed by atoms with Crippen molar-refractivity contribution in [3.8, 4) is 0 Å². The van der Waals surface area contributed by atoms with Gasteiger partial charge in [0, 0.05) is 0 Å². The third-order valence-electron chi connectivity index (χ3n) is 1.01. The molecule has 2 nitrogen and oxygen atoms in total. The number of hydrogen-bond donors (Lipinski definition) is 1. The maximum Gasteiger partial charge on any atom is 0.157 e. The summed E-state index contributed by atoms with van der Waals surface area (Å²) in [6.07, 6.45) is 4.64. The number of allylic oxidation sites excluding steroid dienone is 3. The first kappa shape index (κ1) is 8.82. The van der Waals surface area contributed by atoms with Gasteiger partial charge in [0.2, 0.25) is 0 Å². The average Bonchev–Trinajstić information content (AvgIpc) is 1.91. The predicted octanol–water partition coefficient (Wildman–Crippen LogP) is 2.16. The lowest BCUT2D eigenvalue weighted by atomic mass is 10.3. The van der Waals surface area contributed by atoms with Crippen molar-refractivity contribution >= 4 is 0 Å². The van der Waals surface area contributed by atoms with Gasteiger partial charge in [-0.25, -0.2) is 0 Å². The van der Waals surface area contributed by atoms with E-state index in [1.807, 2.05) is 0 Å². The van der Waals surface area contributed by atoms with Crippen LogP contribution in [0.2, 0.25) is 0 Å². The highest BCUT2D eigenvalue weighted by molar-refractivity contribution is 5.21. The molecule has 0 rings (SSSR count). The zero-order valence-corrected chi connectivity index (χ0v) is 6.29. The van der Waals surface area contributed by atoms with Crippen LogP contribution in [0.5, 0.6) is 0 Å². The molecule has 2 heteroatoms. The van der Waals surface area contributed by atoms with Crippen molar-refractivity contribution in [3.05, 3.63) is 36.3 Å². The fourth-order valence-electron chi connectivity index (χ4n) is 0.564. The first-order chi connectivity index (χ1) is 4.76. The molecule has 0 bridgehead atoms. The molecule has 0 unspecified atom stereocenters. The Morgan fingerprint density at radius 3 is 2.50 bits per heavy atom. The normalized spacial score (nSPS) is 13.0. The molecule has 0 aromatic carbocycles. The Kier molecular flexibility index (Phi) is 4.12. The Morgan fingerprint density at radius 2 is 2.20 bits per heavy atom. The van der Waals surface area contributed by atoms with E-state index in [9.17, 15) is 0 Å². The van der Waals surface area contributed by atoms with Crippen LogP contribution >= 0.6 is 0 Å². The van der Waals surface area contributed by atoms with Gasteiger partial charge in [-0.2, -0.15) is 0 Å². The molecule has 1 N–H and O–H groups in total. The summed E-state index contributed by atoms with van der Waals surface area (Å²) in [4.78, 5) is 0. The van der Waals surface area contributed by atoms with Gasteiger partial charge < -0.3 is 9.84 Å². The smallest absolute Gasteiger partial charge is 0.157 e. The summed E-state index contributed by atoms with van der Waals surface area (Å²) >= 11 is 0. The summed E-state index contributed by atoms with van der Waals surface area (Å²) in [5.74, 6) is 0.555. The Labute approximate surface area is 61.1 Å². The van der Waals surface area contributed by atoms with Gasteiger partial charge in [0.15, 0.2) is 11.5 Å². The highest BCUT2D eigenvalue weighted by Crippen LogP contribution is 2.05. The van der Waals surface area contributed by atoms with Crippen LogP contribution in [0, 0.1) is 0 Å². The van der Waals surface area contributed by atoms with Crippen LogP contribution in [0.15, 0.2) is 36.3 Å². The molecular formula is C8H12O2. The van der Waals surface area contributed by atoms with Crippen molar-refractivity contribution in [2.24, 2.45) is 0 Å². The monoisotopic (exact) mass is 140 g/mol. The molecule has 10 heavy (non-hydrogen) atoms. The van der Waals surface area contributed by atoms with Gasteiger partial charge in [-0.3, -0.25) is 0 Å². The van der Waals surface area contributed by atoms with Crippen LogP contribution in [0.25, 0.3) is 0 Å². The van der Waals surface area contributed by atoms with Crippen molar-refractivity contribution in [1.29, 1.82) is 0 Å². The minimum atomic E-state index is 0.0972. The maximum absolute atomic E-state index is 9.11. The molecule has 56 valence electrons. The predicted molar refractivity (Wildman–Crippen MR) is 41.7 cm³/mol. The standard InChI is InChI=1S/C8H12O2/c1-4-6-7(9)8(5-2)10-3/h4-6,9H,1H2,2-3H3/b7-6+,8-5+. The van der Waals surface area contributed by atoms with E-state index in [4.69, 9.17) is 9.84 Å². The molecule has 0 fully saturated rings. The quantitative estimate of drug-likeness (QED) is 0.481. The van der Waals surface area contributed by atoms with Gasteiger partial charge in [-0.15, -0.1) is 0 Å². The van der Waals surface area contributed by atoms with Gasteiger partial charge in [0.25, 0.3) is 0 Å². The fraction of sp³-hybridized carbons (Fsp3) is 0.250. The van der Waals surface area contributed by atoms with Crippen molar-refractivity contribution in [3.63, 3.8) is 0 Å². The first-order valence-corrected chi connectivity index (χ1v) is 2.98. The summed E-state index contributed by atoms with van der Waals surface area (Å²) in [5, 5.41) is 9.11. The first-order valence-electron chi connectivity index (χ1n) is 2.98. The molecule has 0 aromatic rings. The number of methoxy groups -OCH3 is 1. The Hall–Kier alpha value is -1.18. The molecule has 0 spiro atoms. The lowest BCUT2D eigenvalue weighted by Crippen LogP contribution is -1.89. The van der Waals surface area contributed by atoms with Crippen molar-refractivity contribution in [2.45, 2.75) is 6.92 Å². The highest BCUT2D eigenvalue weighted by Gasteiger charge is 1.97. The molecule has 0 aliphatic rings. The average molecular weight is 140 g/mol. The molecule has 0 saturated carbocycles. The topological polar surface area (TPSA) is 29.5 Å². The van der Waals surface area contributed by atoms with Crippen molar-refractivity contribution < 1.29 is 9.84 Å². The van der Waals surface area contributed by atoms with E-state index in [-0.39, 0.29) is 5.76 Å². The SMILES string of the molecule is C=C/C=C(O)\C(=C/C)OC. The second kappa shape index (κ2) is 4.68. The Morgan fingerprint density at radius 1 is 1.60 bits per heavy atom. The third-order valence-corrected chi connectivity index (χ3v) is 1.01. The largest absolute Gasteiger partial charge is 0.504 e. The molecule has 0 radical (unpaired) electrons. The van der Waals surface area contributed by atoms with E-state index in [1.165, 1.54) is 19.3 Å². The summed E-state index contributed by atoms with van der Waals surface area (Å²) in [7, 11) is 1.50. The number of rotatable bonds is 3. The van der Waals surface area contributed by atoms with Crippen LogP contribution in [0.3, 0.4) is 0 Å². The molecule has 0 aliphatic carbocycles. The van der Waals surface area contributed by atoms with Gasteiger partial charge >= 0.3 is 0 Å². The van der Waals surface area contributed by atoms with E-state index >= 15 is 0 Å². The van der Waals surface area contributed by atoms with Crippen LogP contribution in [-0.4, -0.2) is 12.2 Å². The van der Waals surface area contributed by atoms with Crippen molar-refractivity contribution in [2.75, 3.05) is 7.11 Å². The van der Waals surface area contributed by atoms with E-state index in [2.05, 4.69) is 6.58 Å². The van der Waals surface area contributed by atoms with E-state index < -0.39 is 0 Å². The zero-order chi connectivity index (χ0) is 7.98. The van der Waals surface area contributed by atoms with E-state index in [1.54, 1.807) is 13.0 Å². The number of aliphatic hydroxyl groups excluding tert-OH is 1. The van der Waals surface area contributed by atoms with Crippen molar-refractivity contribution in [1.82, 2.24) is 0 Å². The summed E-state index contributed by atoms with van der Waals surface area (Å²) in [6.45, 7) is 5.22. The summed E-state index contributed by atoms with van der Waals surface area (Å²) in [6, 6.07) is 0. The molecule has 0 heterocycles. The van der Waals surface area contributed by atoms with Gasteiger partial charge in [0.1, 0.15) is 0 Å². The number of hydrogen-bond acceptors (Lipinski definition) is 2. The highest BCUT2D eigenvalue weighted by atomic mass is 16.5. The lowest BCUT2D eigenvalue weighted by molar-refractivity contribution is 0.255. The maximum atomic E-state index is 9.11. The second-order valence-electron chi connectivity index (χ2n) is 1.64. The second-order valence-corrected chi connectivity index (χ2v) is 1.64. The minimum Gasteiger partial charge on any atom is -0.504 e. The molecular weight excluding hydrogens is 128 g/mol. The molecule has 0 amide bonds. The van der Waals surface area contributed by atoms with E-state index in [0.717, 1.165) is 0 Å². The molecule has 0 atom stereocenters. The molecule has 0 saturated heterocycles. The molecule has 0 aliphatic heterocycles. The summed E-state index contributed by atoms with van der Waals surface area (Å²) in [5.41, 5.74) is 0. The Balaban J connectivity index is 4.30. The van der Waals surface area contributed by atoms with Crippen LogP contribution in [-0.2, 0) is 4.74 Å².